The third kappa shape index (κ3) is 12.1. The third-order valence-electron chi connectivity index (χ3n) is 0.690. The van der Waals surface area contributed by atoms with Crippen LogP contribution in [0.15, 0.2) is 4.99 Å². The molecule has 0 atom stereocenters. The molecule has 0 aliphatic heterocycles. The minimum absolute atomic E-state index is 0. The first-order valence-corrected chi connectivity index (χ1v) is 3.76. The van der Waals surface area contributed by atoms with Crippen molar-refractivity contribution in [3.63, 3.8) is 0 Å². The lowest BCUT2D eigenvalue weighted by Crippen LogP contribution is -2.27. The van der Waals surface area contributed by atoms with Crippen molar-refractivity contribution >= 4 is 5.96 Å². The number of nitrogens with two attached hydrogens (primary N) is 1. The normalized spacial score (nSPS) is 9.09. The summed E-state index contributed by atoms with van der Waals surface area (Å²) in [4.78, 5) is 3.79. The van der Waals surface area contributed by atoms with Gasteiger partial charge in [0.1, 0.15) is 0 Å². The SMILES string of the molecule is CC.CCCN=C(N)NC#N.[HH]. The lowest BCUT2D eigenvalue weighted by atomic mass is 10.5. The lowest BCUT2D eigenvalue weighted by Gasteiger charge is -1.92. The molecule has 4 nitrogen and oxygen atoms in total. The molecule has 0 aliphatic rings. The van der Waals surface area contributed by atoms with E-state index in [4.69, 9.17) is 11.0 Å². The van der Waals surface area contributed by atoms with E-state index in [0.717, 1.165) is 6.42 Å². The van der Waals surface area contributed by atoms with Crippen molar-refractivity contribution in [3.05, 3.63) is 0 Å². The Balaban J connectivity index is -0.000000249. The van der Waals surface area contributed by atoms with Crippen LogP contribution in [-0.2, 0) is 0 Å². The Kier molecular flexibility index (Phi) is 13.1. The van der Waals surface area contributed by atoms with Gasteiger partial charge in [0, 0.05) is 7.97 Å². The zero-order valence-electron chi connectivity index (χ0n) is 7.39. The second kappa shape index (κ2) is 11.5. The van der Waals surface area contributed by atoms with Crippen LogP contribution in [0.4, 0.5) is 0 Å². The van der Waals surface area contributed by atoms with Crippen LogP contribution in [0.25, 0.3) is 0 Å². The van der Waals surface area contributed by atoms with Crippen molar-refractivity contribution in [3.8, 4) is 6.19 Å². The van der Waals surface area contributed by atoms with E-state index in [9.17, 15) is 0 Å². The van der Waals surface area contributed by atoms with Crippen LogP contribution in [-0.4, -0.2) is 12.5 Å². The van der Waals surface area contributed by atoms with Crippen molar-refractivity contribution in [2.45, 2.75) is 27.2 Å². The second-order valence-electron chi connectivity index (χ2n) is 1.50. The zero-order valence-corrected chi connectivity index (χ0v) is 7.39. The molecule has 0 rings (SSSR count). The molecule has 0 aromatic heterocycles. The van der Waals surface area contributed by atoms with Gasteiger partial charge in [-0.15, -0.1) is 0 Å². The topological polar surface area (TPSA) is 74.2 Å². The van der Waals surface area contributed by atoms with Gasteiger partial charge in [-0.05, 0) is 6.42 Å². The number of hydrogen-bond donors (Lipinski definition) is 2. The van der Waals surface area contributed by atoms with Crippen molar-refractivity contribution < 1.29 is 1.43 Å². The minimum atomic E-state index is 0. The van der Waals surface area contributed by atoms with Gasteiger partial charge in [-0.3, -0.25) is 10.3 Å². The van der Waals surface area contributed by atoms with Gasteiger partial charge in [-0.1, -0.05) is 20.8 Å². The van der Waals surface area contributed by atoms with E-state index >= 15 is 0 Å². The first-order valence-electron chi connectivity index (χ1n) is 3.76. The molecule has 0 aromatic rings. The molecule has 0 saturated carbocycles. The molecular formula is C7H18N4. The molecule has 0 saturated heterocycles. The molecule has 0 fully saturated rings. The van der Waals surface area contributed by atoms with Crippen LogP contribution in [0.5, 0.6) is 0 Å². The fraction of sp³-hybridized carbons (Fsp3) is 0.714. The molecule has 4 heteroatoms. The molecule has 0 aliphatic carbocycles. The molecule has 0 spiro atoms. The Morgan fingerprint density at radius 1 is 1.73 bits per heavy atom. The highest BCUT2D eigenvalue weighted by Crippen LogP contribution is 1.74. The van der Waals surface area contributed by atoms with Gasteiger partial charge in [0.15, 0.2) is 6.19 Å². The monoisotopic (exact) mass is 158 g/mol. The minimum Gasteiger partial charge on any atom is -0.369 e. The van der Waals surface area contributed by atoms with E-state index in [1.54, 1.807) is 6.19 Å². The van der Waals surface area contributed by atoms with Gasteiger partial charge in [0.25, 0.3) is 0 Å². The standard InChI is InChI=1S/C5H10N4.C2H6.H2/c1-2-3-8-5(7)9-4-6;1-2;/h2-3H2,1H3,(H3,7,8,9);1-2H3;1H. The fourth-order valence-electron chi connectivity index (χ4n) is 0.329. The van der Waals surface area contributed by atoms with E-state index in [1.165, 1.54) is 0 Å². The highest BCUT2D eigenvalue weighted by molar-refractivity contribution is 5.79. The summed E-state index contributed by atoms with van der Waals surface area (Å²) in [7, 11) is 0. The number of nitriles is 1. The van der Waals surface area contributed by atoms with Crippen LogP contribution in [0.1, 0.15) is 28.6 Å². The van der Waals surface area contributed by atoms with Crippen LogP contribution >= 0.6 is 0 Å². The summed E-state index contributed by atoms with van der Waals surface area (Å²) in [5, 5.41) is 10.2. The molecule has 0 heterocycles. The number of nitrogens with one attached hydrogen (secondary N) is 1. The molecule has 0 bridgehead atoms. The van der Waals surface area contributed by atoms with Gasteiger partial charge in [0.05, 0.1) is 0 Å². The first kappa shape index (κ1) is 12.4. The van der Waals surface area contributed by atoms with Crippen LogP contribution in [0, 0.1) is 11.5 Å². The van der Waals surface area contributed by atoms with Crippen LogP contribution < -0.4 is 11.1 Å². The molecule has 0 unspecified atom stereocenters. The van der Waals surface area contributed by atoms with Crippen molar-refractivity contribution in [2.75, 3.05) is 6.54 Å². The van der Waals surface area contributed by atoms with Crippen LogP contribution in [0.3, 0.4) is 0 Å². The summed E-state index contributed by atoms with van der Waals surface area (Å²) in [5.41, 5.74) is 5.19. The Hall–Kier alpha value is -1.24. The van der Waals surface area contributed by atoms with E-state index in [0.29, 0.717) is 6.54 Å². The van der Waals surface area contributed by atoms with Gasteiger partial charge in [-0.2, -0.15) is 5.26 Å². The summed E-state index contributed by atoms with van der Waals surface area (Å²) in [6.45, 7) is 6.66. The number of hydrogen-bond acceptors (Lipinski definition) is 2. The summed E-state index contributed by atoms with van der Waals surface area (Å²) in [6, 6.07) is 0. The molecule has 11 heavy (non-hydrogen) atoms. The highest BCUT2D eigenvalue weighted by atomic mass is 15.1. The average Bonchev–Trinajstić information content (AvgIpc) is 2.05. The predicted octanol–water partition coefficient (Wildman–Crippen LogP) is 1.05. The maximum Gasteiger partial charge on any atom is 0.202 e. The Bertz CT molecular complexity index is 139. The number of guanidine groups is 1. The van der Waals surface area contributed by atoms with Crippen molar-refractivity contribution in [1.82, 2.24) is 5.32 Å². The Morgan fingerprint density at radius 3 is 2.64 bits per heavy atom. The smallest absolute Gasteiger partial charge is 0.202 e. The summed E-state index contributed by atoms with van der Waals surface area (Å²) in [6.07, 6.45) is 2.61. The van der Waals surface area contributed by atoms with E-state index < -0.39 is 0 Å². The molecule has 0 radical (unpaired) electrons. The van der Waals surface area contributed by atoms with E-state index in [1.807, 2.05) is 20.8 Å². The maximum atomic E-state index is 8.01. The quantitative estimate of drug-likeness (QED) is 0.273. The predicted molar refractivity (Wildman–Crippen MR) is 49.0 cm³/mol. The average molecular weight is 158 g/mol. The fourth-order valence-corrected chi connectivity index (χ4v) is 0.329. The summed E-state index contributed by atoms with van der Waals surface area (Å²) >= 11 is 0. The number of rotatable bonds is 2. The zero-order chi connectivity index (χ0) is 9.11. The molecular weight excluding hydrogens is 140 g/mol. The van der Waals surface area contributed by atoms with E-state index in [-0.39, 0.29) is 7.39 Å². The first-order chi connectivity index (χ1) is 5.31. The van der Waals surface area contributed by atoms with Crippen molar-refractivity contribution in [2.24, 2.45) is 10.7 Å². The van der Waals surface area contributed by atoms with Crippen LogP contribution in [0.2, 0.25) is 0 Å². The van der Waals surface area contributed by atoms with Gasteiger partial charge in [-0.25, -0.2) is 0 Å². The lowest BCUT2D eigenvalue weighted by molar-refractivity contribution is 0.921. The molecule has 3 N–H and O–H groups in total. The maximum absolute atomic E-state index is 8.01. The highest BCUT2D eigenvalue weighted by Gasteiger charge is 1.83. The largest absolute Gasteiger partial charge is 0.369 e. The summed E-state index contributed by atoms with van der Waals surface area (Å²) < 4.78 is 0. The number of aliphatic imine (C=N–C) groups is 1. The molecule has 0 amide bonds. The van der Waals surface area contributed by atoms with Gasteiger partial charge < -0.3 is 5.73 Å². The van der Waals surface area contributed by atoms with Crippen molar-refractivity contribution in [1.29, 1.82) is 5.26 Å². The van der Waals surface area contributed by atoms with Gasteiger partial charge in [0.2, 0.25) is 5.96 Å². The van der Waals surface area contributed by atoms with E-state index in [2.05, 4.69) is 10.3 Å². The molecule has 66 valence electrons. The van der Waals surface area contributed by atoms with Gasteiger partial charge >= 0.3 is 0 Å². The summed E-state index contributed by atoms with van der Waals surface area (Å²) in [5.74, 6) is 0.194. The Labute approximate surface area is 69.6 Å². The third-order valence-corrected chi connectivity index (χ3v) is 0.690. The second-order valence-corrected chi connectivity index (χ2v) is 1.50. The molecule has 0 aromatic carbocycles. The Morgan fingerprint density at radius 2 is 2.27 bits per heavy atom. The number of nitrogens with zero attached hydrogens (tertiary/aromatic N) is 2.